The van der Waals surface area contributed by atoms with Gasteiger partial charge in [0.05, 0.1) is 16.7 Å². The maximum absolute atomic E-state index is 11.5. The van der Waals surface area contributed by atoms with E-state index >= 15 is 0 Å². The van der Waals surface area contributed by atoms with Crippen molar-refractivity contribution >= 4 is 23.5 Å². The molecule has 0 saturated carbocycles. The highest BCUT2D eigenvalue weighted by Gasteiger charge is 2.09. The summed E-state index contributed by atoms with van der Waals surface area (Å²) in [6, 6.07) is 7.78. The fraction of sp³-hybridized carbons (Fsp3) is 0. The number of benzene rings is 1. The van der Waals surface area contributed by atoms with Gasteiger partial charge in [0.2, 0.25) is 5.91 Å². The van der Waals surface area contributed by atoms with Crippen LogP contribution >= 0.6 is 0 Å². The van der Waals surface area contributed by atoms with Crippen molar-refractivity contribution in [2.45, 2.75) is 0 Å². The third-order valence-corrected chi connectivity index (χ3v) is 2.31. The molecular formula is C12H10N4O3. The lowest BCUT2D eigenvalue weighted by Gasteiger charge is -1.98. The van der Waals surface area contributed by atoms with Crippen molar-refractivity contribution in [2.75, 3.05) is 5.32 Å². The van der Waals surface area contributed by atoms with Crippen LogP contribution in [0.4, 0.5) is 11.5 Å². The number of carbonyl (C=O) groups excluding carboxylic acids is 1. The molecule has 1 amide bonds. The Bertz CT molecular complexity index is 620. The first-order valence-corrected chi connectivity index (χ1v) is 5.38. The molecule has 0 aliphatic rings. The van der Waals surface area contributed by atoms with Crippen LogP contribution in [-0.2, 0) is 4.79 Å². The molecule has 1 heterocycles. The Morgan fingerprint density at radius 1 is 1.37 bits per heavy atom. The monoisotopic (exact) mass is 258 g/mol. The van der Waals surface area contributed by atoms with Gasteiger partial charge in [-0.05, 0) is 12.1 Å². The quantitative estimate of drug-likeness (QED) is 0.497. The minimum absolute atomic E-state index is 0.0481. The van der Waals surface area contributed by atoms with Gasteiger partial charge >= 0.3 is 0 Å². The molecule has 19 heavy (non-hydrogen) atoms. The number of nitrogens with zero attached hydrogens (tertiary/aromatic N) is 2. The zero-order valence-electron chi connectivity index (χ0n) is 9.74. The second kappa shape index (κ2) is 5.58. The highest BCUT2D eigenvalue weighted by atomic mass is 16.6. The van der Waals surface area contributed by atoms with E-state index in [1.807, 2.05) is 0 Å². The zero-order chi connectivity index (χ0) is 13.7. The van der Waals surface area contributed by atoms with Gasteiger partial charge in [-0.25, -0.2) is 0 Å². The predicted molar refractivity (Wildman–Crippen MR) is 69.3 cm³/mol. The van der Waals surface area contributed by atoms with E-state index < -0.39 is 10.8 Å². The summed E-state index contributed by atoms with van der Waals surface area (Å²) in [5.41, 5.74) is 0.320. The van der Waals surface area contributed by atoms with Gasteiger partial charge in [0, 0.05) is 18.2 Å². The van der Waals surface area contributed by atoms with Crippen LogP contribution in [0.1, 0.15) is 5.56 Å². The molecule has 0 bridgehead atoms. The number of nitro benzene ring substituents is 1. The van der Waals surface area contributed by atoms with Gasteiger partial charge in [-0.1, -0.05) is 12.1 Å². The third kappa shape index (κ3) is 3.25. The Morgan fingerprint density at radius 3 is 2.84 bits per heavy atom. The van der Waals surface area contributed by atoms with Gasteiger partial charge in [-0.15, -0.1) is 0 Å². The third-order valence-electron chi connectivity index (χ3n) is 2.31. The van der Waals surface area contributed by atoms with Crippen LogP contribution in [0.25, 0.3) is 6.08 Å². The van der Waals surface area contributed by atoms with Crippen LogP contribution in [-0.4, -0.2) is 21.0 Å². The molecule has 0 radical (unpaired) electrons. The van der Waals surface area contributed by atoms with Gasteiger partial charge in [-0.3, -0.25) is 20.0 Å². The van der Waals surface area contributed by atoms with E-state index in [0.29, 0.717) is 11.4 Å². The van der Waals surface area contributed by atoms with E-state index in [2.05, 4.69) is 15.5 Å². The molecule has 0 fully saturated rings. The van der Waals surface area contributed by atoms with Crippen LogP contribution < -0.4 is 5.32 Å². The van der Waals surface area contributed by atoms with E-state index in [9.17, 15) is 14.9 Å². The minimum atomic E-state index is -0.494. The van der Waals surface area contributed by atoms with Crippen LogP contribution in [0.15, 0.2) is 42.6 Å². The lowest BCUT2D eigenvalue weighted by Crippen LogP contribution is -2.08. The largest absolute Gasteiger partial charge is 0.307 e. The second-order valence-electron chi connectivity index (χ2n) is 3.61. The fourth-order valence-electron chi connectivity index (χ4n) is 1.46. The van der Waals surface area contributed by atoms with E-state index in [1.165, 1.54) is 24.4 Å². The summed E-state index contributed by atoms with van der Waals surface area (Å²) in [5, 5.41) is 19.6. The predicted octanol–water partition coefficient (Wildman–Crippen LogP) is 1.97. The Hall–Kier alpha value is -2.96. The average molecular weight is 258 g/mol. The van der Waals surface area contributed by atoms with Gasteiger partial charge in [0.1, 0.15) is 5.82 Å². The van der Waals surface area contributed by atoms with Crippen LogP contribution in [0, 0.1) is 10.1 Å². The average Bonchev–Trinajstić information content (AvgIpc) is 2.89. The van der Waals surface area contributed by atoms with Gasteiger partial charge in [0.15, 0.2) is 0 Å². The van der Waals surface area contributed by atoms with E-state index in [1.54, 1.807) is 24.3 Å². The van der Waals surface area contributed by atoms with Gasteiger partial charge in [-0.2, -0.15) is 5.10 Å². The van der Waals surface area contributed by atoms with E-state index in [4.69, 9.17) is 0 Å². The smallest absolute Gasteiger partial charge is 0.276 e. The number of rotatable bonds is 4. The number of H-pyrrole nitrogens is 1. The lowest BCUT2D eigenvalue weighted by atomic mass is 10.1. The number of nitro groups is 1. The zero-order valence-corrected chi connectivity index (χ0v) is 9.74. The van der Waals surface area contributed by atoms with Crippen molar-refractivity contribution in [1.82, 2.24) is 10.2 Å². The molecule has 0 spiro atoms. The molecule has 7 heteroatoms. The summed E-state index contributed by atoms with van der Waals surface area (Å²) in [4.78, 5) is 21.8. The molecule has 0 atom stereocenters. The number of aromatic nitrogens is 2. The molecule has 2 aromatic rings. The summed E-state index contributed by atoms with van der Waals surface area (Å²) >= 11 is 0. The molecule has 96 valence electrons. The molecular weight excluding hydrogens is 248 g/mol. The first kappa shape index (κ1) is 12.5. The summed E-state index contributed by atoms with van der Waals surface area (Å²) in [7, 11) is 0. The molecule has 0 aliphatic heterocycles. The van der Waals surface area contributed by atoms with Crippen LogP contribution in [0.5, 0.6) is 0 Å². The number of aromatic amines is 1. The molecule has 0 unspecified atom stereocenters. The van der Waals surface area contributed by atoms with Gasteiger partial charge in [0.25, 0.3) is 5.69 Å². The summed E-state index contributed by atoms with van der Waals surface area (Å²) < 4.78 is 0. The first-order chi connectivity index (χ1) is 9.16. The lowest BCUT2D eigenvalue weighted by molar-refractivity contribution is -0.385. The maximum atomic E-state index is 11.5. The van der Waals surface area contributed by atoms with Gasteiger partial charge < -0.3 is 5.32 Å². The van der Waals surface area contributed by atoms with Crippen LogP contribution in [0.2, 0.25) is 0 Å². The van der Waals surface area contributed by atoms with Crippen LogP contribution in [0.3, 0.4) is 0 Å². The molecule has 0 saturated heterocycles. The molecule has 2 N–H and O–H groups in total. The topological polar surface area (TPSA) is 101 Å². The highest BCUT2D eigenvalue weighted by Crippen LogP contribution is 2.18. The number of hydrogen-bond donors (Lipinski definition) is 2. The Morgan fingerprint density at radius 2 is 2.16 bits per heavy atom. The summed E-state index contributed by atoms with van der Waals surface area (Å²) in [5.74, 6) is 0.0552. The first-order valence-electron chi connectivity index (χ1n) is 5.38. The number of para-hydroxylation sites is 1. The maximum Gasteiger partial charge on any atom is 0.276 e. The second-order valence-corrected chi connectivity index (χ2v) is 3.61. The molecule has 1 aromatic heterocycles. The van der Waals surface area contributed by atoms with Crippen molar-refractivity contribution in [1.29, 1.82) is 0 Å². The highest BCUT2D eigenvalue weighted by molar-refractivity contribution is 6.01. The SMILES string of the molecule is O=C(/C=C/c1ccccc1[N+](=O)[O-])Nc1ccn[nH]1. The fourth-order valence-corrected chi connectivity index (χ4v) is 1.46. The molecule has 7 nitrogen and oxygen atoms in total. The number of anilines is 1. The van der Waals surface area contributed by atoms with Crippen molar-refractivity contribution in [3.63, 3.8) is 0 Å². The normalized spacial score (nSPS) is 10.5. The number of nitrogens with one attached hydrogen (secondary N) is 2. The summed E-state index contributed by atoms with van der Waals surface area (Å²) in [6.07, 6.45) is 4.12. The molecule has 0 aliphatic carbocycles. The standard InChI is InChI=1S/C12H10N4O3/c17-12(14-11-7-8-13-15-11)6-5-9-3-1-2-4-10(9)16(18)19/h1-8H,(H2,13,14,15,17)/b6-5+. The van der Waals surface area contributed by atoms with Crippen molar-refractivity contribution in [2.24, 2.45) is 0 Å². The van der Waals surface area contributed by atoms with Crippen molar-refractivity contribution < 1.29 is 9.72 Å². The van der Waals surface area contributed by atoms with E-state index in [0.717, 1.165) is 0 Å². The number of carbonyl (C=O) groups is 1. The molecule has 1 aromatic carbocycles. The summed E-state index contributed by atoms with van der Waals surface area (Å²) in [6.45, 7) is 0. The Kier molecular flexibility index (Phi) is 3.67. The number of amides is 1. The van der Waals surface area contributed by atoms with E-state index in [-0.39, 0.29) is 5.69 Å². The Balaban J connectivity index is 2.10. The Labute approximate surface area is 108 Å². The minimum Gasteiger partial charge on any atom is -0.307 e. The van der Waals surface area contributed by atoms with Crippen molar-refractivity contribution in [3.05, 3.63) is 58.3 Å². The molecule has 2 rings (SSSR count). The van der Waals surface area contributed by atoms with Crippen molar-refractivity contribution in [3.8, 4) is 0 Å². The number of hydrogen-bond acceptors (Lipinski definition) is 4.